The van der Waals surface area contributed by atoms with Crippen LogP contribution in [0, 0.1) is 0 Å². The first-order valence-electron chi connectivity index (χ1n) is 7.12. The molecule has 0 saturated carbocycles. The van der Waals surface area contributed by atoms with Crippen molar-refractivity contribution in [2.24, 2.45) is 0 Å². The van der Waals surface area contributed by atoms with E-state index < -0.39 is 23.8 Å². The molecule has 0 aliphatic rings. The number of amides is 1. The van der Waals surface area contributed by atoms with Crippen molar-refractivity contribution in [1.82, 2.24) is 5.32 Å². The molecule has 2 aromatic rings. The van der Waals surface area contributed by atoms with E-state index in [9.17, 15) is 18.0 Å². The van der Waals surface area contributed by atoms with Crippen LogP contribution in [0.4, 0.5) is 13.2 Å². The van der Waals surface area contributed by atoms with Crippen molar-refractivity contribution < 1.29 is 22.7 Å². The minimum Gasteiger partial charge on any atom is -0.481 e. The second-order valence-electron chi connectivity index (χ2n) is 5.13. The standard InChI is InChI=1S/C17H15ClF3NO2/c1-11(24-15-7-3-6-14(18)9-15)16(23)22-10-12-4-2-5-13(8-12)17(19,20)21/h2-9,11H,10H2,1H3,(H,22,23)/t11-/m0/s1. The van der Waals surface area contributed by atoms with Crippen LogP contribution in [0.2, 0.25) is 5.02 Å². The van der Waals surface area contributed by atoms with Gasteiger partial charge in [0, 0.05) is 11.6 Å². The molecule has 1 amide bonds. The number of carbonyl (C=O) groups excluding carboxylic acids is 1. The summed E-state index contributed by atoms with van der Waals surface area (Å²) in [6.45, 7) is 1.52. The average molecular weight is 358 g/mol. The third kappa shape index (κ3) is 5.16. The van der Waals surface area contributed by atoms with E-state index >= 15 is 0 Å². The highest BCUT2D eigenvalue weighted by Gasteiger charge is 2.30. The Balaban J connectivity index is 1.93. The zero-order chi connectivity index (χ0) is 17.7. The van der Waals surface area contributed by atoms with E-state index in [2.05, 4.69) is 5.32 Å². The number of hydrogen-bond acceptors (Lipinski definition) is 2. The lowest BCUT2D eigenvalue weighted by Crippen LogP contribution is -2.35. The highest BCUT2D eigenvalue weighted by atomic mass is 35.5. The summed E-state index contributed by atoms with van der Waals surface area (Å²) in [5.74, 6) is -0.00314. The molecular formula is C17H15ClF3NO2. The predicted octanol–water partition coefficient (Wildman–Crippen LogP) is 4.44. The van der Waals surface area contributed by atoms with Crippen molar-refractivity contribution >= 4 is 17.5 Å². The van der Waals surface area contributed by atoms with Crippen molar-refractivity contribution in [2.75, 3.05) is 0 Å². The highest BCUT2D eigenvalue weighted by molar-refractivity contribution is 6.30. The van der Waals surface area contributed by atoms with Crippen LogP contribution in [0.5, 0.6) is 5.75 Å². The smallest absolute Gasteiger partial charge is 0.416 e. The van der Waals surface area contributed by atoms with Gasteiger partial charge in [-0.15, -0.1) is 0 Å². The summed E-state index contributed by atoms with van der Waals surface area (Å²) in [7, 11) is 0. The van der Waals surface area contributed by atoms with Gasteiger partial charge in [0.1, 0.15) is 5.75 Å². The fourth-order valence-corrected chi connectivity index (χ4v) is 2.17. The first-order chi connectivity index (χ1) is 11.3. The quantitative estimate of drug-likeness (QED) is 0.859. The van der Waals surface area contributed by atoms with Crippen molar-refractivity contribution in [1.29, 1.82) is 0 Å². The molecule has 2 rings (SSSR count). The largest absolute Gasteiger partial charge is 0.481 e. The Morgan fingerprint density at radius 2 is 1.92 bits per heavy atom. The maximum atomic E-state index is 12.7. The van der Waals surface area contributed by atoms with Gasteiger partial charge in [-0.2, -0.15) is 13.2 Å². The van der Waals surface area contributed by atoms with Gasteiger partial charge in [0.2, 0.25) is 0 Å². The molecule has 128 valence electrons. The molecule has 1 atom stereocenters. The van der Waals surface area contributed by atoms with E-state index in [1.165, 1.54) is 12.1 Å². The zero-order valence-corrected chi connectivity index (χ0v) is 13.5. The van der Waals surface area contributed by atoms with Gasteiger partial charge in [0.05, 0.1) is 5.56 Å². The molecule has 0 radical (unpaired) electrons. The lowest BCUT2D eigenvalue weighted by Gasteiger charge is -2.15. The van der Waals surface area contributed by atoms with Gasteiger partial charge in [-0.3, -0.25) is 4.79 Å². The zero-order valence-electron chi connectivity index (χ0n) is 12.7. The molecule has 1 N–H and O–H groups in total. The van der Waals surface area contributed by atoms with Crippen LogP contribution < -0.4 is 10.1 Å². The Morgan fingerprint density at radius 1 is 1.21 bits per heavy atom. The fraction of sp³-hybridized carbons (Fsp3) is 0.235. The van der Waals surface area contributed by atoms with Crippen molar-refractivity contribution in [3.63, 3.8) is 0 Å². The molecule has 0 saturated heterocycles. The number of benzene rings is 2. The Morgan fingerprint density at radius 3 is 2.58 bits per heavy atom. The molecule has 0 bridgehead atoms. The SMILES string of the molecule is C[C@H](Oc1cccc(Cl)c1)C(=O)NCc1cccc(C(F)(F)F)c1. The molecule has 0 fully saturated rings. The normalized spacial score (nSPS) is 12.5. The predicted molar refractivity (Wildman–Crippen MR) is 84.8 cm³/mol. The molecular weight excluding hydrogens is 343 g/mol. The average Bonchev–Trinajstić information content (AvgIpc) is 2.52. The topological polar surface area (TPSA) is 38.3 Å². The van der Waals surface area contributed by atoms with Crippen LogP contribution in [0.15, 0.2) is 48.5 Å². The first-order valence-corrected chi connectivity index (χ1v) is 7.49. The van der Waals surface area contributed by atoms with E-state index in [0.29, 0.717) is 16.3 Å². The van der Waals surface area contributed by atoms with Crippen LogP contribution in [-0.2, 0) is 17.5 Å². The van der Waals surface area contributed by atoms with Gasteiger partial charge in [0.25, 0.3) is 5.91 Å². The van der Waals surface area contributed by atoms with E-state index in [1.54, 1.807) is 31.2 Å². The van der Waals surface area contributed by atoms with Crippen LogP contribution in [0.1, 0.15) is 18.1 Å². The molecule has 24 heavy (non-hydrogen) atoms. The third-order valence-corrected chi connectivity index (χ3v) is 3.43. The summed E-state index contributed by atoms with van der Waals surface area (Å²) in [5.41, 5.74) is -0.398. The number of carbonyl (C=O) groups is 1. The van der Waals surface area contributed by atoms with Gasteiger partial charge in [0.15, 0.2) is 6.10 Å². The number of alkyl halides is 3. The Hall–Kier alpha value is -2.21. The lowest BCUT2D eigenvalue weighted by molar-refractivity contribution is -0.137. The van der Waals surface area contributed by atoms with Gasteiger partial charge in [-0.05, 0) is 42.8 Å². The fourth-order valence-electron chi connectivity index (χ4n) is 1.99. The van der Waals surface area contributed by atoms with Gasteiger partial charge in [-0.25, -0.2) is 0 Å². The van der Waals surface area contributed by atoms with E-state index in [4.69, 9.17) is 16.3 Å². The van der Waals surface area contributed by atoms with Gasteiger partial charge >= 0.3 is 6.18 Å². The minimum atomic E-state index is -4.41. The molecule has 0 aliphatic heterocycles. The molecule has 3 nitrogen and oxygen atoms in total. The summed E-state index contributed by atoms with van der Waals surface area (Å²) >= 11 is 5.83. The molecule has 0 unspecified atom stereocenters. The van der Waals surface area contributed by atoms with Crippen molar-refractivity contribution in [3.05, 3.63) is 64.7 Å². The van der Waals surface area contributed by atoms with Crippen LogP contribution >= 0.6 is 11.6 Å². The molecule has 0 heterocycles. The molecule has 0 aromatic heterocycles. The number of halogens is 4. The highest BCUT2D eigenvalue weighted by Crippen LogP contribution is 2.29. The Labute approximate surface area is 142 Å². The third-order valence-electron chi connectivity index (χ3n) is 3.20. The number of hydrogen-bond donors (Lipinski definition) is 1. The second-order valence-corrected chi connectivity index (χ2v) is 5.57. The molecule has 0 spiro atoms. The van der Waals surface area contributed by atoms with Crippen LogP contribution in [0.3, 0.4) is 0 Å². The molecule has 2 aromatic carbocycles. The Kier molecular flexibility index (Phi) is 5.72. The number of rotatable bonds is 5. The summed E-state index contributed by atoms with van der Waals surface area (Å²) < 4.78 is 43.4. The summed E-state index contributed by atoms with van der Waals surface area (Å²) in [6, 6.07) is 11.4. The van der Waals surface area contributed by atoms with Crippen LogP contribution in [-0.4, -0.2) is 12.0 Å². The molecule has 0 aliphatic carbocycles. The minimum absolute atomic E-state index is 0.0218. The maximum Gasteiger partial charge on any atom is 0.416 e. The number of ether oxygens (including phenoxy) is 1. The van der Waals surface area contributed by atoms with E-state index in [-0.39, 0.29) is 6.54 Å². The maximum absolute atomic E-state index is 12.7. The first kappa shape index (κ1) is 18.1. The number of nitrogens with one attached hydrogen (secondary N) is 1. The Bertz CT molecular complexity index is 719. The van der Waals surface area contributed by atoms with E-state index in [0.717, 1.165) is 12.1 Å². The van der Waals surface area contributed by atoms with Crippen molar-refractivity contribution in [2.45, 2.75) is 25.7 Å². The monoisotopic (exact) mass is 357 g/mol. The lowest BCUT2D eigenvalue weighted by atomic mass is 10.1. The van der Waals surface area contributed by atoms with Gasteiger partial charge < -0.3 is 10.1 Å². The van der Waals surface area contributed by atoms with Crippen LogP contribution in [0.25, 0.3) is 0 Å². The summed E-state index contributed by atoms with van der Waals surface area (Å²) in [5, 5.41) is 3.02. The second kappa shape index (κ2) is 7.57. The summed E-state index contributed by atoms with van der Waals surface area (Å²) in [4.78, 5) is 12.0. The van der Waals surface area contributed by atoms with E-state index in [1.807, 2.05) is 0 Å². The van der Waals surface area contributed by atoms with Gasteiger partial charge in [-0.1, -0.05) is 29.8 Å². The summed E-state index contributed by atoms with van der Waals surface area (Å²) in [6.07, 6.45) is -5.22. The molecule has 7 heteroatoms. The van der Waals surface area contributed by atoms with Crippen molar-refractivity contribution in [3.8, 4) is 5.75 Å².